The van der Waals surface area contributed by atoms with Gasteiger partial charge in [-0.25, -0.2) is 0 Å². The predicted octanol–water partition coefficient (Wildman–Crippen LogP) is 4.37. The molecule has 1 aromatic carbocycles. The zero-order chi connectivity index (χ0) is 12.4. The van der Waals surface area contributed by atoms with Crippen LogP contribution >= 0.6 is 27.3 Å². The van der Waals surface area contributed by atoms with Crippen molar-refractivity contribution in [1.82, 2.24) is 0 Å². The monoisotopic (exact) mass is 309 g/mol. The molecule has 0 radical (unpaired) electrons. The first kappa shape index (κ1) is 12.8. The van der Waals surface area contributed by atoms with Gasteiger partial charge in [0.2, 0.25) is 0 Å². The molecular formula is C14H16BrNS. The molecule has 0 fully saturated rings. The molecule has 0 spiro atoms. The van der Waals surface area contributed by atoms with Crippen LogP contribution in [0.2, 0.25) is 0 Å². The molecule has 0 amide bonds. The highest BCUT2D eigenvalue weighted by molar-refractivity contribution is 9.11. The molecule has 0 aliphatic heterocycles. The molecule has 0 saturated heterocycles. The summed E-state index contributed by atoms with van der Waals surface area (Å²) in [4.78, 5) is 0. The lowest BCUT2D eigenvalue weighted by Crippen LogP contribution is -2.12. The van der Waals surface area contributed by atoms with Crippen molar-refractivity contribution in [1.29, 1.82) is 0 Å². The molecule has 0 saturated carbocycles. The Labute approximate surface area is 115 Å². The van der Waals surface area contributed by atoms with Gasteiger partial charge < -0.3 is 5.73 Å². The molecule has 1 unspecified atom stereocenters. The van der Waals surface area contributed by atoms with Crippen LogP contribution in [-0.2, 0) is 6.42 Å². The van der Waals surface area contributed by atoms with Crippen molar-refractivity contribution in [2.75, 3.05) is 0 Å². The van der Waals surface area contributed by atoms with Gasteiger partial charge in [-0.3, -0.25) is 0 Å². The van der Waals surface area contributed by atoms with Crippen molar-refractivity contribution in [2.45, 2.75) is 26.3 Å². The van der Waals surface area contributed by atoms with Gasteiger partial charge in [-0.2, -0.15) is 0 Å². The second-order valence-corrected chi connectivity index (χ2v) is 6.70. The standard InChI is InChI=1S/C14H16BrNS/c1-9-3-4-11(5-10(9)2)6-13(16)12-7-14(15)17-8-12/h3-5,7-8,13H,6,16H2,1-2H3. The van der Waals surface area contributed by atoms with Crippen LogP contribution in [0.5, 0.6) is 0 Å². The minimum Gasteiger partial charge on any atom is -0.324 e. The average molecular weight is 310 g/mol. The van der Waals surface area contributed by atoms with Gasteiger partial charge in [0.1, 0.15) is 0 Å². The summed E-state index contributed by atoms with van der Waals surface area (Å²) < 4.78 is 1.14. The van der Waals surface area contributed by atoms with E-state index in [0.717, 1.165) is 10.2 Å². The van der Waals surface area contributed by atoms with E-state index in [4.69, 9.17) is 5.73 Å². The molecule has 2 N–H and O–H groups in total. The molecule has 0 aliphatic rings. The third kappa shape index (κ3) is 3.18. The van der Waals surface area contributed by atoms with Crippen LogP contribution in [0.15, 0.2) is 33.4 Å². The Kier molecular flexibility index (Phi) is 4.02. The Morgan fingerprint density at radius 3 is 2.59 bits per heavy atom. The quantitative estimate of drug-likeness (QED) is 0.895. The molecular weight excluding hydrogens is 294 g/mol. The van der Waals surface area contributed by atoms with Crippen LogP contribution in [0.1, 0.15) is 28.3 Å². The topological polar surface area (TPSA) is 26.0 Å². The molecule has 90 valence electrons. The minimum atomic E-state index is 0.0830. The fourth-order valence-corrected chi connectivity index (χ4v) is 3.06. The molecule has 0 aliphatic carbocycles. The van der Waals surface area contributed by atoms with Crippen LogP contribution < -0.4 is 5.73 Å². The van der Waals surface area contributed by atoms with Crippen molar-refractivity contribution in [3.05, 3.63) is 55.7 Å². The lowest BCUT2D eigenvalue weighted by atomic mass is 9.99. The summed E-state index contributed by atoms with van der Waals surface area (Å²) in [6.07, 6.45) is 0.893. The third-order valence-corrected chi connectivity index (χ3v) is 4.57. The molecule has 1 aromatic heterocycles. The van der Waals surface area contributed by atoms with Crippen molar-refractivity contribution in [3.63, 3.8) is 0 Å². The maximum Gasteiger partial charge on any atom is 0.0701 e. The van der Waals surface area contributed by atoms with Gasteiger partial charge in [-0.1, -0.05) is 18.2 Å². The molecule has 3 heteroatoms. The zero-order valence-electron chi connectivity index (χ0n) is 10.0. The van der Waals surface area contributed by atoms with Crippen LogP contribution in [0.3, 0.4) is 0 Å². The van der Waals surface area contributed by atoms with Gasteiger partial charge in [0.05, 0.1) is 3.79 Å². The average Bonchev–Trinajstić information content (AvgIpc) is 2.70. The predicted molar refractivity (Wildman–Crippen MR) is 78.6 cm³/mol. The van der Waals surface area contributed by atoms with Gasteiger partial charge in [0.25, 0.3) is 0 Å². The molecule has 1 atom stereocenters. The molecule has 17 heavy (non-hydrogen) atoms. The van der Waals surface area contributed by atoms with Crippen LogP contribution in [-0.4, -0.2) is 0 Å². The summed E-state index contributed by atoms with van der Waals surface area (Å²) in [5, 5.41) is 2.12. The van der Waals surface area contributed by atoms with E-state index in [9.17, 15) is 0 Å². The van der Waals surface area contributed by atoms with Gasteiger partial charge in [0.15, 0.2) is 0 Å². The number of nitrogens with two attached hydrogens (primary N) is 1. The first-order chi connectivity index (χ1) is 8.06. The van der Waals surface area contributed by atoms with E-state index in [-0.39, 0.29) is 6.04 Å². The Hall–Kier alpha value is -0.640. The highest BCUT2D eigenvalue weighted by Crippen LogP contribution is 2.26. The Morgan fingerprint density at radius 2 is 2.00 bits per heavy atom. The van der Waals surface area contributed by atoms with E-state index in [1.54, 1.807) is 11.3 Å². The van der Waals surface area contributed by atoms with Crippen molar-refractivity contribution >= 4 is 27.3 Å². The molecule has 1 heterocycles. The van der Waals surface area contributed by atoms with Crippen molar-refractivity contribution < 1.29 is 0 Å². The number of hydrogen-bond acceptors (Lipinski definition) is 2. The first-order valence-electron chi connectivity index (χ1n) is 5.62. The van der Waals surface area contributed by atoms with Gasteiger partial charge in [0, 0.05) is 6.04 Å². The largest absolute Gasteiger partial charge is 0.324 e. The van der Waals surface area contributed by atoms with Gasteiger partial charge in [-0.05, 0) is 69.9 Å². The maximum absolute atomic E-state index is 6.21. The number of thiophene rings is 1. The summed E-state index contributed by atoms with van der Waals surface area (Å²) in [6.45, 7) is 4.28. The van der Waals surface area contributed by atoms with E-state index in [1.807, 2.05) is 0 Å². The number of halogens is 1. The normalized spacial score (nSPS) is 12.7. The highest BCUT2D eigenvalue weighted by Gasteiger charge is 2.09. The highest BCUT2D eigenvalue weighted by atomic mass is 79.9. The zero-order valence-corrected chi connectivity index (χ0v) is 12.4. The Bertz CT molecular complexity index is 519. The van der Waals surface area contributed by atoms with E-state index in [2.05, 4.69) is 59.4 Å². The second kappa shape index (κ2) is 5.34. The van der Waals surface area contributed by atoms with Crippen molar-refractivity contribution in [2.24, 2.45) is 5.73 Å². The minimum absolute atomic E-state index is 0.0830. The smallest absolute Gasteiger partial charge is 0.0701 e. The maximum atomic E-state index is 6.21. The number of benzene rings is 1. The summed E-state index contributed by atoms with van der Waals surface area (Å²) in [7, 11) is 0. The van der Waals surface area contributed by atoms with Gasteiger partial charge in [-0.15, -0.1) is 11.3 Å². The molecule has 2 aromatic rings. The molecule has 0 bridgehead atoms. The number of rotatable bonds is 3. The lowest BCUT2D eigenvalue weighted by molar-refractivity contribution is 0.724. The fourth-order valence-electron chi connectivity index (χ4n) is 1.82. The first-order valence-corrected chi connectivity index (χ1v) is 7.29. The number of aryl methyl sites for hydroxylation is 2. The fraction of sp³-hybridized carbons (Fsp3) is 0.286. The Morgan fingerprint density at radius 1 is 1.24 bits per heavy atom. The van der Waals surface area contributed by atoms with E-state index >= 15 is 0 Å². The summed E-state index contributed by atoms with van der Waals surface area (Å²) in [5.41, 5.74) is 11.4. The van der Waals surface area contributed by atoms with Crippen LogP contribution in [0, 0.1) is 13.8 Å². The lowest BCUT2D eigenvalue weighted by Gasteiger charge is -2.11. The summed E-state index contributed by atoms with van der Waals surface area (Å²) >= 11 is 5.16. The summed E-state index contributed by atoms with van der Waals surface area (Å²) in [5.74, 6) is 0. The van der Waals surface area contributed by atoms with E-state index in [1.165, 1.54) is 22.3 Å². The Balaban J connectivity index is 2.12. The third-order valence-electron chi connectivity index (χ3n) is 3.04. The SMILES string of the molecule is Cc1ccc(CC(N)c2csc(Br)c2)cc1C. The van der Waals surface area contributed by atoms with Crippen LogP contribution in [0.4, 0.5) is 0 Å². The molecule has 2 rings (SSSR count). The van der Waals surface area contributed by atoms with Crippen molar-refractivity contribution in [3.8, 4) is 0 Å². The van der Waals surface area contributed by atoms with E-state index in [0.29, 0.717) is 0 Å². The number of hydrogen-bond donors (Lipinski definition) is 1. The summed E-state index contributed by atoms with van der Waals surface area (Å²) in [6, 6.07) is 8.76. The second-order valence-electron chi connectivity index (χ2n) is 4.41. The molecule has 1 nitrogen and oxygen atoms in total. The van der Waals surface area contributed by atoms with Crippen LogP contribution in [0.25, 0.3) is 0 Å². The van der Waals surface area contributed by atoms with Gasteiger partial charge >= 0.3 is 0 Å². The van der Waals surface area contributed by atoms with E-state index < -0.39 is 0 Å².